The average Bonchev–Trinajstić information content (AvgIpc) is 3.18. The lowest BCUT2D eigenvalue weighted by molar-refractivity contribution is -0.162. The Morgan fingerprint density at radius 1 is 1.32 bits per heavy atom. The molecule has 0 aliphatic heterocycles. The molecule has 6 heteroatoms. The van der Waals surface area contributed by atoms with Crippen LogP contribution in [0, 0.1) is 0 Å². The van der Waals surface area contributed by atoms with E-state index in [9.17, 15) is 18.0 Å². The minimum Gasteiger partial charge on any atom is -0.329 e. The third-order valence-corrected chi connectivity index (χ3v) is 3.37. The van der Waals surface area contributed by atoms with Gasteiger partial charge in [0, 0.05) is 6.04 Å². The summed E-state index contributed by atoms with van der Waals surface area (Å²) in [4.78, 5) is 12.9. The Labute approximate surface area is 114 Å². The number of nitrogens with zero attached hydrogens (tertiary/aromatic N) is 1. The zero-order chi connectivity index (χ0) is 14.0. The minimum atomic E-state index is -4.40. The van der Waals surface area contributed by atoms with Gasteiger partial charge >= 0.3 is 6.18 Å². The molecule has 2 nitrogen and oxygen atoms in total. The van der Waals surface area contributed by atoms with E-state index in [1.165, 1.54) is 0 Å². The summed E-state index contributed by atoms with van der Waals surface area (Å²) in [7, 11) is 0. The van der Waals surface area contributed by atoms with E-state index in [4.69, 9.17) is 11.6 Å². The first kappa shape index (κ1) is 14.2. The van der Waals surface area contributed by atoms with Gasteiger partial charge in [-0.25, -0.2) is 0 Å². The van der Waals surface area contributed by atoms with E-state index in [1.54, 1.807) is 30.3 Å². The highest BCUT2D eigenvalue weighted by molar-refractivity contribution is 6.30. The van der Waals surface area contributed by atoms with Gasteiger partial charge in [0.2, 0.25) is 5.91 Å². The maximum absolute atomic E-state index is 12.5. The highest BCUT2D eigenvalue weighted by atomic mass is 35.5. The monoisotopic (exact) mass is 291 g/mol. The second-order valence-electron chi connectivity index (χ2n) is 4.59. The molecule has 1 aromatic rings. The molecule has 1 amide bonds. The van der Waals surface area contributed by atoms with E-state index < -0.39 is 24.0 Å². The minimum absolute atomic E-state index is 0.320. The maximum Gasteiger partial charge on any atom is 0.406 e. The van der Waals surface area contributed by atoms with E-state index in [2.05, 4.69) is 0 Å². The molecule has 0 saturated heterocycles. The van der Waals surface area contributed by atoms with Gasteiger partial charge in [0.15, 0.2) is 0 Å². The van der Waals surface area contributed by atoms with Crippen molar-refractivity contribution in [1.29, 1.82) is 0 Å². The van der Waals surface area contributed by atoms with Crippen molar-refractivity contribution in [3.63, 3.8) is 0 Å². The number of alkyl halides is 4. The van der Waals surface area contributed by atoms with Crippen LogP contribution in [0.15, 0.2) is 30.3 Å². The molecule has 2 rings (SSSR count). The number of rotatable bonds is 4. The number of amides is 1. The SMILES string of the molecule is O=C(C(Cl)c1ccccc1)N(CC(F)(F)F)C1CC1. The topological polar surface area (TPSA) is 20.3 Å². The number of hydrogen-bond acceptors (Lipinski definition) is 1. The molecule has 1 saturated carbocycles. The highest BCUT2D eigenvalue weighted by Crippen LogP contribution is 2.34. The van der Waals surface area contributed by atoms with Crippen LogP contribution in [0.25, 0.3) is 0 Å². The smallest absolute Gasteiger partial charge is 0.329 e. The van der Waals surface area contributed by atoms with Gasteiger partial charge in [0.05, 0.1) is 0 Å². The summed E-state index contributed by atoms with van der Waals surface area (Å²) in [5, 5.41) is -1.07. The Morgan fingerprint density at radius 3 is 2.37 bits per heavy atom. The number of halogens is 4. The summed E-state index contributed by atoms with van der Waals surface area (Å²) in [5.41, 5.74) is 0.516. The molecule has 104 valence electrons. The molecule has 19 heavy (non-hydrogen) atoms. The fraction of sp³-hybridized carbons (Fsp3) is 0.462. The first-order valence-corrected chi connectivity index (χ1v) is 6.38. The average molecular weight is 292 g/mol. The number of hydrogen-bond donors (Lipinski definition) is 0. The van der Waals surface area contributed by atoms with Crippen LogP contribution in [0.2, 0.25) is 0 Å². The molecule has 0 N–H and O–H groups in total. The molecule has 1 aliphatic carbocycles. The van der Waals surface area contributed by atoms with Crippen LogP contribution in [0.4, 0.5) is 13.2 Å². The fourth-order valence-electron chi connectivity index (χ4n) is 1.88. The molecule has 0 aromatic heterocycles. The van der Waals surface area contributed by atoms with E-state index >= 15 is 0 Å². The fourth-order valence-corrected chi connectivity index (χ4v) is 2.15. The van der Waals surface area contributed by atoms with Gasteiger partial charge in [-0.2, -0.15) is 13.2 Å². The molecule has 0 radical (unpaired) electrons. The summed E-state index contributed by atoms with van der Waals surface area (Å²) in [6.07, 6.45) is -3.17. The molecular weight excluding hydrogens is 279 g/mol. The zero-order valence-corrected chi connectivity index (χ0v) is 10.8. The molecule has 1 fully saturated rings. The lowest BCUT2D eigenvalue weighted by Crippen LogP contribution is -2.42. The van der Waals surface area contributed by atoms with Crippen LogP contribution >= 0.6 is 11.6 Å². The summed E-state index contributed by atoms with van der Waals surface area (Å²) in [5.74, 6) is -0.673. The van der Waals surface area contributed by atoms with Crippen molar-refractivity contribution in [2.24, 2.45) is 0 Å². The van der Waals surface area contributed by atoms with Gasteiger partial charge in [-0.3, -0.25) is 4.79 Å². The first-order valence-electron chi connectivity index (χ1n) is 5.95. The lowest BCUT2D eigenvalue weighted by atomic mass is 10.1. The van der Waals surface area contributed by atoms with Crippen LogP contribution in [0.5, 0.6) is 0 Å². The first-order chi connectivity index (χ1) is 8.88. The molecule has 1 aliphatic rings. The van der Waals surface area contributed by atoms with Crippen LogP contribution in [0.1, 0.15) is 23.8 Å². The summed E-state index contributed by atoms with van der Waals surface area (Å²) in [6.45, 7) is -1.23. The third kappa shape index (κ3) is 3.86. The zero-order valence-electron chi connectivity index (χ0n) is 10.0. The van der Waals surface area contributed by atoms with Gasteiger partial charge in [-0.1, -0.05) is 30.3 Å². The van der Waals surface area contributed by atoms with Crippen LogP contribution in [-0.2, 0) is 4.79 Å². The number of carbonyl (C=O) groups is 1. The summed E-state index contributed by atoms with van der Waals surface area (Å²) >= 11 is 5.99. The second-order valence-corrected chi connectivity index (χ2v) is 5.02. The number of carbonyl (C=O) groups excluding carboxylic acids is 1. The Hall–Kier alpha value is -1.23. The largest absolute Gasteiger partial charge is 0.406 e. The molecular formula is C13H13ClF3NO. The molecule has 0 spiro atoms. The van der Waals surface area contributed by atoms with Crippen molar-refractivity contribution in [3.8, 4) is 0 Å². The van der Waals surface area contributed by atoms with Gasteiger partial charge in [0.1, 0.15) is 11.9 Å². The lowest BCUT2D eigenvalue weighted by Gasteiger charge is -2.26. The molecule has 1 aromatic carbocycles. The highest BCUT2D eigenvalue weighted by Gasteiger charge is 2.42. The van der Waals surface area contributed by atoms with Gasteiger partial charge in [-0.15, -0.1) is 11.6 Å². The van der Waals surface area contributed by atoms with Gasteiger partial charge < -0.3 is 4.90 Å². The van der Waals surface area contributed by atoms with Crippen molar-refractivity contribution in [3.05, 3.63) is 35.9 Å². The quantitative estimate of drug-likeness (QED) is 0.777. The van der Waals surface area contributed by atoms with Gasteiger partial charge in [-0.05, 0) is 18.4 Å². The summed E-state index contributed by atoms with van der Waals surface area (Å²) < 4.78 is 37.4. The van der Waals surface area contributed by atoms with Crippen molar-refractivity contribution >= 4 is 17.5 Å². The Morgan fingerprint density at radius 2 is 1.89 bits per heavy atom. The van der Waals surface area contributed by atoms with E-state index in [1.807, 2.05) is 0 Å². The van der Waals surface area contributed by atoms with Crippen molar-refractivity contribution in [2.45, 2.75) is 30.4 Å². The predicted molar refractivity (Wildman–Crippen MR) is 65.8 cm³/mol. The van der Waals surface area contributed by atoms with Crippen LogP contribution in [-0.4, -0.2) is 29.6 Å². The summed E-state index contributed by atoms with van der Waals surface area (Å²) in [6, 6.07) is 8.10. The Kier molecular flexibility index (Phi) is 4.04. The third-order valence-electron chi connectivity index (χ3n) is 2.93. The van der Waals surface area contributed by atoms with Crippen molar-refractivity contribution in [2.75, 3.05) is 6.54 Å². The van der Waals surface area contributed by atoms with E-state index in [0.29, 0.717) is 18.4 Å². The maximum atomic E-state index is 12.5. The van der Waals surface area contributed by atoms with Gasteiger partial charge in [0.25, 0.3) is 0 Å². The predicted octanol–water partition coefficient (Wildman–Crippen LogP) is 3.52. The van der Waals surface area contributed by atoms with Crippen molar-refractivity contribution in [1.82, 2.24) is 4.90 Å². The molecule has 0 bridgehead atoms. The van der Waals surface area contributed by atoms with E-state index in [0.717, 1.165) is 4.90 Å². The molecule has 1 atom stereocenters. The number of benzene rings is 1. The van der Waals surface area contributed by atoms with E-state index in [-0.39, 0.29) is 6.04 Å². The van der Waals surface area contributed by atoms with Crippen LogP contribution < -0.4 is 0 Å². The van der Waals surface area contributed by atoms with Crippen molar-refractivity contribution < 1.29 is 18.0 Å². The van der Waals surface area contributed by atoms with Crippen LogP contribution in [0.3, 0.4) is 0 Å². The standard InChI is InChI=1S/C13H13ClF3NO/c14-11(9-4-2-1-3-5-9)12(19)18(10-6-7-10)8-13(15,16)17/h1-5,10-11H,6-8H2. The normalized spacial score (nSPS) is 17.1. The second kappa shape index (κ2) is 5.41. The Bertz CT molecular complexity index is 445. The molecule has 1 unspecified atom stereocenters. The molecule has 0 heterocycles. The Balaban J connectivity index is 2.11.